The molecule has 1 aliphatic heterocycles. The number of halogens is 2. The molecule has 3 nitrogen and oxygen atoms in total. The van der Waals surface area contributed by atoms with Crippen LogP contribution in [0.4, 0.5) is 4.39 Å². The van der Waals surface area contributed by atoms with Crippen molar-refractivity contribution in [2.75, 3.05) is 26.2 Å². The van der Waals surface area contributed by atoms with E-state index in [-0.39, 0.29) is 23.9 Å². The summed E-state index contributed by atoms with van der Waals surface area (Å²) in [4.78, 5) is 14.1. The summed E-state index contributed by atoms with van der Waals surface area (Å²) in [5.74, 6) is 0.0380. The van der Waals surface area contributed by atoms with Crippen LogP contribution in [0, 0.1) is 18.7 Å². The summed E-state index contributed by atoms with van der Waals surface area (Å²) in [7, 11) is 0. The van der Waals surface area contributed by atoms with Gasteiger partial charge in [-0.05, 0) is 56.5 Å². The van der Waals surface area contributed by atoms with Gasteiger partial charge in [0.1, 0.15) is 5.82 Å². The Morgan fingerprint density at radius 1 is 1.38 bits per heavy atom. The van der Waals surface area contributed by atoms with Gasteiger partial charge in [-0.15, -0.1) is 12.4 Å². The summed E-state index contributed by atoms with van der Waals surface area (Å²) in [6, 6.07) is 4.80. The molecule has 1 aliphatic rings. The second-order valence-corrected chi connectivity index (χ2v) is 5.53. The number of nitrogens with zero attached hydrogens (tertiary/aromatic N) is 1. The van der Waals surface area contributed by atoms with Crippen LogP contribution in [0.1, 0.15) is 35.7 Å². The first kappa shape index (κ1) is 17.9. The molecule has 21 heavy (non-hydrogen) atoms. The molecule has 0 unspecified atom stereocenters. The maximum absolute atomic E-state index is 13.8. The Morgan fingerprint density at radius 2 is 2.05 bits per heavy atom. The SMILES string of the molecule is CCNCC1CCN(C(=O)c2ccc(C)cc2F)CC1.Cl. The summed E-state index contributed by atoms with van der Waals surface area (Å²) in [5.41, 5.74) is 1.03. The van der Waals surface area contributed by atoms with Crippen molar-refractivity contribution in [2.45, 2.75) is 26.7 Å². The van der Waals surface area contributed by atoms with Gasteiger partial charge in [-0.2, -0.15) is 0 Å². The van der Waals surface area contributed by atoms with E-state index in [0.717, 1.165) is 44.6 Å². The van der Waals surface area contributed by atoms with E-state index in [4.69, 9.17) is 0 Å². The van der Waals surface area contributed by atoms with Crippen molar-refractivity contribution in [3.63, 3.8) is 0 Å². The molecule has 118 valence electrons. The van der Waals surface area contributed by atoms with E-state index in [1.54, 1.807) is 17.0 Å². The first-order valence-electron chi connectivity index (χ1n) is 7.38. The summed E-state index contributed by atoms with van der Waals surface area (Å²) in [5, 5.41) is 3.35. The molecule has 0 atom stereocenters. The highest BCUT2D eigenvalue weighted by Crippen LogP contribution is 2.20. The van der Waals surface area contributed by atoms with E-state index in [2.05, 4.69) is 12.2 Å². The van der Waals surface area contributed by atoms with Crippen molar-refractivity contribution >= 4 is 18.3 Å². The van der Waals surface area contributed by atoms with Crippen LogP contribution >= 0.6 is 12.4 Å². The number of amides is 1. The van der Waals surface area contributed by atoms with E-state index in [0.29, 0.717) is 5.92 Å². The summed E-state index contributed by atoms with van der Waals surface area (Å²) < 4.78 is 13.8. The number of rotatable bonds is 4. The molecule has 1 N–H and O–H groups in total. The minimum absolute atomic E-state index is 0. The zero-order valence-corrected chi connectivity index (χ0v) is 13.5. The Morgan fingerprint density at radius 3 is 2.62 bits per heavy atom. The third kappa shape index (κ3) is 4.68. The molecule has 1 fully saturated rings. The van der Waals surface area contributed by atoms with Gasteiger partial charge in [0, 0.05) is 13.1 Å². The molecule has 1 aromatic carbocycles. The third-order valence-corrected chi connectivity index (χ3v) is 3.94. The molecule has 1 aromatic rings. The van der Waals surface area contributed by atoms with Crippen molar-refractivity contribution in [1.82, 2.24) is 10.2 Å². The lowest BCUT2D eigenvalue weighted by molar-refractivity contribution is 0.0685. The first-order chi connectivity index (χ1) is 9.61. The number of carbonyl (C=O) groups is 1. The number of benzene rings is 1. The van der Waals surface area contributed by atoms with Gasteiger partial charge in [0.25, 0.3) is 5.91 Å². The molecule has 1 heterocycles. The average molecular weight is 315 g/mol. The van der Waals surface area contributed by atoms with Crippen LogP contribution in [0.2, 0.25) is 0 Å². The van der Waals surface area contributed by atoms with Crippen molar-refractivity contribution in [2.24, 2.45) is 5.92 Å². The van der Waals surface area contributed by atoms with Crippen LogP contribution in [-0.2, 0) is 0 Å². The minimum Gasteiger partial charge on any atom is -0.339 e. The standard InChI is InChI=1S/C16H23FN2O.ClH/c1-3-18-11-13-6-8-19(9-7-13)16(20)14-5-4-12(2)10-15(14)17;/h4-5,10,13,18H,3,6-9,11H2,1-2H3;1H. The van der Waals surface area contributed by atoms with Crippen LogP contribution in [0.15, 0.2) is 18.2 Å². The maximum atomic E-state index is 13.8. The molecule has 1 amide bonds. The van der Waals surface area contributed by atoms with Gasteiger partial charge in [0.05, 0.1) is 5.56 Å². The quantitative estimate of drug-likeness (QED) is 0.926. The van der Waals surface area contributed by atoms with Gasteiger partial charge in [0.15, 0.2) is 0 Å². The van der Waals surface area contributed by atoms with Gasteiger partial charge in [-0.1, -0.05) is 13.0 Å². The number of hydrogen-bond donors (Lipinski definition) is 1. The zero-order valence-electron chi connectivity index (χ0n) is 12.7. The lowest BCUT2D eigenvalue weighted by atomic mass is 9.96. The van der Waals surface area contributed by atoms with Gasteiger partial charge < -0.3 is 10.2 Å². The molecule has 0 aliphatic carbocycles. The van der Waals surface area contributed by atoms with E-state index in [1.807, 2.05) is 6.92 Å². The van der Waals surface area contributed by atoms with Gasteiger partial charge in [0.2, 0.25) is 0 Å². The predicted octanol–water partition coefficient (Wildman–Crippen LogP) is 3.02. The highest BCUT2D eigenvalue weighted by molar-refractivity contribution is 5.94. The largest absolute Gasteiger partial charge is 0.339 e. The summed E-state index contributed by atoms with van der Waals surface area (Å²) >= 11 is 0. The lowest BCUT2D eigenvalue weighted by Gasteiger charge is -2.32. The highest BCUT2D eigenvalue weighted by Gasteiger charge is 2.24. The molecule has 5 heteroatoms. The molecule has 0 spiro atoms. The fourth-order valence-electron chi connectivity index (χ4n) is 2.65. The number of nitrogens with one attached hydrogen (secondary N) is 1. The first-order valence-corrected chi connectivity index (χ1v) is 7.38. The molecule has 1 saturated heterocycles. The van der Waals surface area contributed by atoms with Gasteiger partial charge in [-0.3, -0.25) is 4.79 Å². The molecule has 2 rings (SSSR count). The third-order valence-electron chi connectivity index (χ3n) is 3.94. The summed E-state index contributed by atoms with van der Waals surface area (Å²) in [6.45, 7) is 7.36. The van der Waals surface area contributed by atoms with Crippen molar-refractivity contribution in [3.05, 3.63) is 35.1 Å². The molecular formula is C16H24ClFN2O. The van der Waals surface area contributed by atoms with Crippen LogP contribution in [0.5, 0.6) is 0 Å². The van der Waals surface area contributed by atoms with Crippen molar-refractivity contribution < 1.29 is 9.18 Å². The second-order valence-electron chi connectivity index (χ2n) is 5.53. The minimum atomic E-state index is -0.412. The average Bonchev–Trinajstić information content (AvgIpc) is 2.45. The highest BCUT2D eigenvalue weighted by atomic mass is 35.5. The molecule has 0 saturated carbocycles. The Bertz CT molecular complexity index is 473. The number of hydrogen-bond acceptors (Lipinski definition) is 2. The fourth-order valence-corrected chi connectivity index (χ4v) is 2.65. The van der Waals surface area contributed by atoms with E-state index < -0.39 is 5.82 Å². The Kier molecular flexibility index (Phi) is 7.12. The fraction of sp³-hybridized carbons (Fsp3) is 0.562. The topological polar surface area (TPSA) is 32.3 Å². The molecular weight excluding hydrogens is 291 g/mol. The smallest absolute Gasteiger partial charge is 0.256 e. The number of piperidine rings is 1. The molecule has 0 bridgehead atoms. The van der Waals surface area contributed by atoms with Crippen molar-refractivity contribution in [1.29, 1.82) is 0 Å². The number of carbonyl (C=O) groups excluding carboxylic acids is 1. The monoisotopic (exact) mass is 314 g/mol. The summed E-state index contributed by atoms with van der Waals surface area (Å²) in [6.07, 6.45) is 1.98. The van der Waals surface area contributed by atoms with Crippen LogP contribution in [-0.4, -0.2) is 37.0 Å². The van der Waals surface area contributed by atoms with Gasteiger partial charge >= 0.3 is 0 Å². The van der Waals surface area contributed by atoms with Crippen LogP contribution < -0.4 is 5.32 Å². The van der Waals surface area contributed by atoms with Gasteiger partial charge in [-0.25, -0.2) is 4.39 Å². The molecule has 0 radical (unpaired) electrons. The second kappa shape index (κ2) is 8.35. The van der Waals surface area contributed by atoms with Crippen molar-refractivity contribution in [3.8, 4) is 0 Å². The van der Waals surface area contributed by atoms with E-state index in [9.17, 15) is 9.18 Å². The molecule has 0 aromatic heterocycles. The number of aryl methyl sites for hydroxylation is 1. The van der Waals surface area contributed by atoms with E-state index in [1.165, 1.54) is 6.07 Å². The normalized spacial score (nSPS) is 15.7. The maximum Gasteiger partial charge on any atom is 0.256 e. The zero-order chi connectivity index (χ0) is 14.5. The van der Waals surface area contributed by atoms with Crippen LogP contribution in [0.3, 0.4) is 0 Å². The van der Waals surface area contributed by atoms with Crippen LogP contribution in [0.25, 0.3) is 0 Å². The number of likely N-dealkylation sites (tertiary alicyclic amines) is 1. The predicted molar refractivity (Wildman–Crippen MR) is 85.6 cm³/mol. The lowest BCUT2D eigenvalue weighted by Crippen LogP contribution is -2.41. The Labute approximate surface area is 132 Å². The Balaban J connectivity index is 0.00000220. The van der Waals surface area contributed by atoms with E-state index >= 15 is 0 Å². The Hall–Kier alpha value is -1.13.